The third kappa shape index (κ3) is 4.66. The van der Waals surface area contributed by atoms with Gasteiger partial charge in [-0.3, -0.25) is 14.4 Å². The van der Waals surface area contributed by atoms with Gasteiger partial charge >= 0.3 is 0 Å². The molecular formula is C18H24N4O. The topological polar surface area (TPSA) is 41.4 Å². The Morgan fingerprint density at radius 2 is 1.78 bits per heavy atom. The van der Waals surface area contributed by atoms with Crippen LogP contribution in [0.25, 0.3) is 0 Å². The molecule has 5 nitrogen and oxygen atoms in total. The van der Waals surface area contributed by atoms with Gasteiger partial charge in [0.15, 0.2) is 0 Å². The average Bonchev–Trinajstić information content (AvgIpc) is 3.13. The third-order valence-corrected chi connectivity index (χ3v) is 4.40. The maximum absolute atomic E-state index is 12.3. The Morgan fingerprint density at radius 1 is 1.00 bits per heavy atom. The van der Waals surface area contributed by atoms with E-state index in [9.17, 15) is 4.79 Å². The van der Waals surface area contributed by atoms with Crippen LogP contribution in [0.3, 0.4) is 0 Å². The number of benzene rings is 1. The lowest BCUT2D eigenvalue weighted by molar-refractivity contribution is -0.132. The highest BCUT2D eigenvalue weighted by Gasteiger charge is 2.20. The Bertz CT molecular complexity index is 589. The molecular weight excluding hydrogens is 288 g/mol. The largest absolute Gasteiger partial charge is 0.340 e. The van der Waals surface area contributed by atoms with Crippen molar-refractivity contribution in [2.45, 2.75) is 19.4 Å². The molecule has 3 rings (SSSR count). The number of carbonyl (C=O) groups excluding carboxylic acids is 1. The number of amides is 1. The van der Waals surface area contributed by atoms with Crippen LogP contribution in [0.15, 0.2) is 48.8 Å². The number of hydrogen-bond donors (Lipinski definition) is 0. The number of rotatable bonds is 6. The van der Waals surface area contributed by atoms with E-state index in [1.54, 1.807) is 0 Å². The first kappa shape index (κ1) is 15.7. The first-order valence-electron chi connectivity index (χ1n) is 8.33. The molecule has 5 heteroatoms. The van der Waals surface area contributed by atoms with Gasteiger partial charge in [0.25, 0.3) is 0 Å². The molecule has 2 aromatic rings. The minimum atomic E-state index is 0.278. The second kappa shape index (κ2) is 7.92. The molecule has 2 heterocycles. The van der Waals surface area contributed by atoms with E-state index in [1.807, 2.05) is 46.2 Å². The molecule has 0 radical (unpaired) electrons. The van der Waals surface area contributed by atoms with Crippen LogP contribution in [-0.4, -0.2) is 58.2 Å². The summed E-state index contributed by atoms with van der Waals surface area (Å²) in [4.78, 5) is 16.7. The number of carbonyl (C=O) groups is 1. The molecule has 0 spiro atoms. The lowest BCUT2D eigenvalue weighted by Crippen LogP contribution is -2.49. The Balaban J connectivity index is 1.37. The average molecular weight is 312 g/mol. The zero-order valence-corrected chi connectivity index (χ0v) is 13.5. The predicted molar refractivity (Wildman–Crippen MR) is 90.0 cm³/mol. The molecule has 0 aliphatic carbocycles. The van der Waals surface area contributed by atoms with Crippen LogP contribution in [0, 0.1) is 0 Å². The van der Waals surface area contributed by atoms with Crippen molar-refractivity contribution in [3.05, 3.63) is 54.4 Å². The molecule has 0 saturated carbocycles. The molecule has 0 atom stereocenters. The van der Waals surface area contributed by atoms with Gasteiger partial charge in [0.2, 0.25) is 5.91 Å². The van der Waals surface area contributed by atoms with Gasteiger partial charge < -0.3 is 4.90 Å². The molecule has 1 fully saturated rings. The van der Waals surface area contributed by atoms with Crippen molar-refractivity contribution in [1.29, 1.82) is 0 Å². The van der Waals surface area contributed by atoms with Crippen molar-refractivity contribution >= 4 is 5.91 Å². The van der Waals surface area contributed by atoms with E-state index in [2.05, 4.69) is 22.1 Å². The molecule has 0 bridgehead atoms. The van der Waals surface area contributed by atoms with Crippen LogP contribution in [0.1, 0.15) is 12.0 Å². The number of nitrogens with zero attached hydrogens (tertiary/aromatic N) is 4. The number of aryl methyl sites for hydroxylation is 1. The molecule has 1 amide bonds. The zero-order valence-electron chi connectivity index (χ0n) is 13.5. The predicted octanol–water partition coefficient (Wildman–Crippen LogP) is 1.66. The van der Waals surface area contributed by atoms with E-state index >= 15 is 0 Å². The summed E-state index contributed by atoms with van der Waals surface area (Å²) in [6.07, 6.45) is 5.24. The summed E-state index contributed by atoms with van der Waals surface area (Å²) in [5, 5.41) is 4.22. The van der Waals surface area contributed by atoms with E-state index in [1.165, 1.54) is 5.56 Å². The van der Waals surface area contributed by atoms with E-state index in [-0.39, 0.29) is 5.91 Å². The summed E-state index contributed by atoms with van der Waals surface area (Å²) in [5.41, 5.74) is 1.23. The summed E-state index contributed by atoms with van der Waals surface area (Å²) < 4.78 is 1.96. The maximum atomic E-state index is 12.3. The number of aromatic nitrogens is 2. The van der Waals surface area contributed by atoms with Gasteiger partial charge in [-0.15, -0.1) is 0 Å². The Kier molecular flexibility index (Phi) is 5.42. The summed E-state index contributed by atoms with van der Waals surface area (Å²) in [5.74, 6) is 0.278. The SMILES string of the molecule is O=C(CCc1ccccc1)N1CCN(CCn2cccn2)CC1. The standard InChI is InChI=1S/C18H24N4O/c23-18(8-7-17-5-2-1-3-6-17)21-14-11-20(12-15-21)13-16-22-10-4-9-19-22/h1-6,9-10H,7-8,11-16H2. The van der Waals surface area contributed by atoms with Crippen molar-refractivity contribution in [3.63, 3.8) is 0 Å². The minimum absolute atomic E-state index is 0.278. The summed E-state index contributed by atoms with van der Waals surface area (Å²) >= 11 is 0. The van der Waals surface area contributed by atoms with Crippen LogP contribution in [-0.2, 0) is 17.8 Å². The lowest BCUT2D eigenvalue weighted by atomic mass is 10.1. The highest BCUT2D eigenvalue weighted by molar-refractivity contribution is 5.76. The maximum Gasteiger partial charge on any atom is 0.222 e. The molecule has 0 unspecified atom stereocenters. The number of hydrogen-bond acceptors (Lipinski definition) is 3. The fraction of sp³-hybridized carbons (Fsp3) is 0.444. The van der Waals surface area contributed by atoms with Crippen LogP contribution in [0.5, 0.6) is 0 Å². The fourth-order valence-electron chi connectivity index (χ4n) is 2.95. The summed E-state index contributed by atoms with van der Waals surface area (Å²) in [6.45, 7) is 5.50. The second-order valence-electron chi connectivity index (χ2n) is 5.98. The first-order chi connectivity index (χ1) is 11.3. The normalized spacial score (nSPS) is 15.7. The second-order valence-corrected chi connectivity index (χ2v) is 5.98. The van der Waals surface area contributed by atoms with E-state index in [0.29, 0.717) is 6.42 Å². The molecule has 1 aromatic heterocycles. The van der Waals surface area contributed by atoms with Crippen LogP contribution in [0.2, 0.25) is 0 Å². The molecule has 0 N–H and O–H groups in total. The van der Waals surface area contributed by atoms with Gasteiger partial charge in [-0.05, 0) is 18.1 Å². The van der Waals surface area contributed by atoms with Gasteiger partial charge in [-0.25, -0.2) is 0 Å². The van der Waals surface area contributed by atoms with Gasteiger partial charge in [-0.2, -0.15) is 5.10 Å². The molecule has 23 heavy (non-hydrogen) atoms. The summed E-state index contributed by atoms with van der Waals surface area (Å²) in [6, 6.07) is 12.2. The van der Waals surface area contributed by atoms with Crippen molar-refractivity contribution in [2.24, 2.45) is 0 Å². The quantitative estimate of drug-likeness (QED) is 0.814. The molecule has 1 aliphatic rings. The van der Waals surface area contributed by atoms with Crippen molar-refractivity contribution in [1.82, 2.24) is 19.6 Å². The van der Waals surface area contributed by atoms with Gasteiger partial charge in [0, 0.05) is 51.5 Å². The van der Waals surface area contributed by atoms with Crippen LogP contribution < -0.4 is 0 Å². The molecule has 1 aromatic carbocycles. The van der Waals surface area contributed by atoms with Gasteiger partial charge in [-0.1, -0.05) is 30.3 Å². The third-order valence-electron chi connectivity index (χ3n) is 4.40. The highest BCUT2D eigenvalue weighted by atomic mass is 16.2. The Hall–Kier alpha value is -2.14. The monoisotopic (exact) mass is 312 g/mol. The van der Waals surface area contributed by atoms with Crippen LogP contribution >= 0.6 is 0 Å². The lowest BCUT2D eigenvalue weighted by Gasteiger charge is -2.34. The fourth-order valence-corrected chi connectivity index (χ4v) is 2.95. The van der Waals surface area contributed by atoms with Gasteiger partial charge in [0.05, 0.1) is 6.54 Å². The summed E-state index contributed by atoms with van der Waals surface area (Å²) in [7, 11) is 0. The van der Waals surface area contributed by atoms with Gasteiger partial charge in [0.1, 0.15) is 0 Å². The van der Waals surface area contributed by atoms with Crippen LogP contribution in [0.4, 0.5) is 0 Å². The van der Waals surface area contributed by atoms with E-state index in [4.69, 9.17) is 0 Å². The van der Waals surface area contributed by atoms with E-state index in [0.717, 1.165) is 45.7 Å². The molecule has 1 aliphatic heterocycles. The van der Waals surface area contributed by atoms with Crippen molar-refractivity contribution < 1.29 is 4.79 Å². The highest BCUT2D eigenvalue weighted by Crippen LogP contribution is 2.08. The number of piperazine rings is 1. The smallest absolute Gasteiger partial charge is 0.222 e. The zero-order chi connectivity index (χ0) is 15.9. The minimum Gasteiger partial charge on any atom is -0.340 e. The van der Waals surface area contributed by atoms with Crippen molar-refractivity contribution in [3.8, 4) is 0 Å². The Labute approximate surface area is 137 Å². The first-order valence-corrected chi connectivity index (χ1v) is 8.33. The van der Waals surface area contributed by atoms with E-state index < -0.39 is 0 Å². The van der Waals surface area contributed by atoms with Crippen molar-refractivity contribution in [2.75, 3.05) is 32.7 Å². The molecule has 122 valence electrons. The Morgan fingerprint density at radius 3 is 2.48 bits per heavy atom. The molecule has 1 saturated heterocycles.